The van der Waals surface area contributed by atoms with Gasteiger partial charge in [-0.05, 0) is 25.1 Å². The van der Waals surface area contributed by atoms with Gasteiger partial charge in [0.25, 0.3) is 6.43 Å². The average molecular weight is 261 g/mol. The van der Waals surface area contributed by atoms with E-state index in [1.165, 1.54) is 23.0 Å². The first-order valence-electron chi connectivity index (χ1n) is 5.57. The first-order chi connectivity index (χ1) is 9.15. The van der Waals surface area contributed by atoms with Gasteiger partial charge in [0.15, 0.2) is 5.65 Å². The highest BCUT2D eigenvalue weighted by Crippen LogP contribution is 2.21. The van der Waals surface area contributed by atoms with Crippen LogP contribution in [0.5, 0.6) is 0 Å². The van der Waals surface area contributed by atoms with Crippen LogP contribution in [-0.4, -0.2) is 24.6 Å². The van der Waals surface area contributed by atoms with Gasteiger partial charge < -0.3 is 0 Å². The van der Waals surface area contributed by atoms with E-state index in [4.69, 9.17) is 0 Å². The fraction of sp³-hybridized carbons (Fsp3) is 0.167. The molecule has 0 fully saturated rings. The van der Waals surface area contributed by atoms with Crippen molar-refractivity contribution in [2.45, 2.75) is 13.3 Å². The minimum atomic E-state index is -2.62. The molecule has 0 saturated carbocycles. The van der Waals surface area contributed by atoms with Crippen molar-refractivity contribution < 1.29 is 8.78 Å². The summed E-state index contributed by atoms with van der Waals surface area (Å²) in [6.45, 7) is 1.83. The van der Waals surface area contributed by atoms with Crippen molar-refractivity contribution >= 4 is 5.65 Å². The number of nitrogens with zero attached hydrogens (tertiary/aromatic N) is 5. The molecule has 0 saturated heterocycles. The number of halogens is 2. The van der Waals surface area contributed by atoms with E-state index in [0.29, 0.717) is 17.0 Å². The zero-order valence-corrected chi connectivity index (χ0v) is 9.96. The van der Waals surface area contributed by atoms with Crippen LogP contribution >= 0.6 is 0 Å². The summed E-state index contributed by atoms with van der Waals surface area (Å²) in [6.07, 6.45) is 0.354. The van der Waals surface area contributed by atoms with Crippen molar-refractivity contribution in [2.75, 3.05) is 0 Å². The maximum Gasteiger partial charge on any atom is 0.282 e. The molecule has 5 nitrogen and oxygen atoms in total. The molecular formula is C12H9F2N5. The minimum Gasteiger partial charge on any atom is -0.242 e. The van der Waals surface area contributed by atoms with Crippen LogP contribution in [0.1, 0.15) is 17.8 Å². The summed E-state index contributed by atoms with van der Waals surface area (Å²) in [6, 6.07) is 4.52. The number of hydrogen-bond acceptors (Lipinski definition) is 4. The predicted molar refractivity (Wildman–Crippen MR) is 63.7 cm³/mol. The lowest BCUT2D eigenvalue weighted by molar-refractivity contribution is 0.144. The molecule has 0 radical (unpaired) electrons. The first kappa shape index (κ1) is 11.6. The quantitative estimate of drug-likeness (QED) is 0.711. The van der Waals surface area contributed by atoms with Crippen molar-refractivity contribution in [2.24, 2.45) is 0 Å². The molecule has 0 aliphatic rings. The van der Waals surface area contributed by atoms with Crippen LogP contribution < -0.4 is 0 Å². The molecule has 3 aromatic heterocycles. The van der Waals surface area contributed by atoms with E-state index < -0.39 is 6.43 Å². The van der Waals surface area contributed by atoms with Crippen molar-refractivity contribution in [1.82, 2.24) is 24.6 Å². The van der Waals surface area contributed by atoms with Gasteiger partial charge in [-0.25, -0.2) is 28.2 Å². The van der Waals surface area contributed by atoms with Gasteiger partial charge >= 0.3 is 0 Å². The smallest absolute Gasteiger partial charge is 0.242 e. The summed E-state index contributed by atoms with van der Waals surface area (Å²) < 4.78 is 26.7. The largest absolute Gasteiger partial charge is 0.282 e. The first-order valence-corrected chi connectivity index (χ1v) is 5.57. The number of hydrogen-bond donors (Lipinski definition) is 0. The highest BCUT2D eigenvalue weighted by molar-refractivity contribution is 5.59. The number of aryl methyl sites for hydroxylation is 1. The maximum absolute atomic E-state index is 12.7. The van der Waals surface area contributed by atoms with Gasteiger partial charge in [0.1, 0.15) is 17.7 Å². The summed E-state index contributed by atoms with van der Waals surface area (Å²) in [4.78, 5) is 12.2. The van der Waals surface area contributed by atoms with Crippen LogP contribution in [0.2, 0.25) is 0 Å². The number of fused-ring (bicyclic) bond motifs is 1. The molecule has 96 valence electrons. The van der Waals surface area contributed by atoms with Crippen LogP contribution in [0.3, 0.4) is 0 Å². The predicted octanol–water partition coefficient (Wildman–Crippen LogP) is 2.43. The van der Waals surface area contributed by atoms with Crippen molar-refractivity contribution in [3.8, 4) is 11.4 Å². The molecule has 0 bridgehead atoms. The molecule has 0 aliphatic heterocycles. The molecule has 7 heteroatoms. The highest BCUT2D eigenvalue weighted by Gasteiger charge is 2.13. The van der Waals surface area contributed by atoms with E-state index in [1.54, 1.807) is 12.3 Å². The molecule has 3 rings (SSSR count). The lowest BCUT2D eigenvalue weighted by Crippen LogP contribution is -2.00. The third-order valence-electron chi connectivity index (χ3n) is 2.67. The monoisotopic (exact) mass is 261 g/mol. The van der Waals surface area contributed by atoms with Crippen molar-refractivity contribution in [1.29, 1.82) is 0 Å². The SMILES string of the molecule is Cc1cc(-c2cnc3ccc(C(F)F)nn23)ncn1. The Morgan fingerprint density at radius 1 is 1.16 bits per heavy atom. The fourth-order valence-electron chi connectivity index (χ4n) is 1.77. The second kappa shape index (κ2) is 4.34. The topological polar surface area (TPSA) is 56.0 Å². The maximum atomic E-state index is 12.7. The number of alkyl halides is 2. The Hall–Kier alpha value is -2.44. The number of aromatic nitrogens is 5. The average Bonchev–Trinajstić information content (AvgIpc) is 2.81. The second-order valence-corrected chi connectivity index (χ2v) is 4.02. The van der Waals surface area contributed by atoms with Crippen LogP contribution in [0.25, 0.3) is 17.0 Å². The molecule has 0 unspecified atom stereocenters. The molecule has 19 heavy (non-hydrogen) atoms. The molecule has 0 N–H and O–H groups in total. The summed E-state index contributed by atoms with van der Waals surface area (Å²) >= 11 is 0. The van der Waals surface area contributed by atoms with Crippen LogP contribution in [-0.2, 0) is 0 Å². The zero-order chi connectivity index (χ0) is 13.4. The molecule has 0 aliphatic carbocycles. The Labute approximate surface area is 107 Å². The summed E-state index contributed by atoms with van der Waals surface area (Å²) in [5, 5.41) is 3.88. The second-order valence-electron chi connectivity index (χ2n) is 4.02. The van der Waals surface area contributed by atoms with Crippen molar-refractivity contribution in [3.05, 3.63) is 42.1 Å². The third-order valence-corrected chi connectivity index (χ3v) is 2.67. The van der Waals surface area contributed by atoms with E-state index >= 15 is 0 Å². The number of imidazole rings is 1. The number of rotatable bonds is 2. The summed E-state index contributed by atoms with van der Waals surface area (Å²) in [7, 11) is 0. The zero-order valence-electron chi connectivity index (χ0n) is 9.96. The van der Waals surface area contributed by atoms with E-state index in [-0.39, 0.29) is 5.69 Å². The summed E-state index contributed by atoms with van der Waals surface area (Å²) in [5.41, 5.74) is 2.14. The van der Waals surface area contributed by atoms with Gasteiger partial charge in [-0.2, -0.15) is 5.10 Å². The Kier molecular flexibility index (Phi) is 2.66. The third kappa shape index (κ3) is 2.03. The summed E-state index contributed by atoms with van der Waals surface area (Å²) in [5.74, 6) is 0. The normalized spacial score (nSPS) is 11.4. The Morgan fingerprint density at radius 3 is 2.74 bits per heavy atom. The molecule has 0 atom stereocenters. The van der Waals surface area contributed by atoms with E-state index in [1.807, 2.05) is 6.92 Å². The van der Waals surface area contributed by atoms with E-state index in [2.05, 4.69) is 20.1 Å². The molecule has 3 heterocycles. The molecule has 0 spiro atoms. The minimum absolute atomic E-state index is 0.294. The molecule has 0 aromatic carbocycles. The van der Waals surface area contributed by atoms with Crippen molar-refractivity contribution in [3.63, 3.8) is 0 Å². The fourth-order valence-corrected chi connectivity index (χ4v) is 1.77. The van der Waals surface area contributed by atoms with Gasteiger partial charge in [0.05, 0.1) is 11.9 Å². The lowest BCUT2D eigenvalue weighted by atomic mass is 10.3. The highest BCUT2D eigenvalue weighted by atomic mass is 19.3. The molecule has 0 amide bonds. The van der Waals surface area contributed by atoms with Gasteiger partial charge in [-0.15, -0.1) is 0 Å². The van der Waals surface area contributed by atoms with Gasteiger partial charge in [-0.1, -0.05) is 0 Å². The standard InChI is InChI=1S/C12H9F2N5/c1-7-4-9(17-6-16-7)10-5-15-11-3-2-8(12(13)14)18-19(10)11/h2-6,12H,1H3. The van der Waals surface area contributed by atoms with E-state index in [9.17, 15) is 8.78 Å². The molecular weight excluding hydrogens is 252 g/mol. The Morgan fingerprint density at radius 2 is 2.00 bits per heavy atom. The van der Waals surface area contributed by atoms with E-state index in [0.717, 1.165) is 5.69 Å². The Balaban J connectivity index is 2.21. The lowest BCUT2D eigenvalue weighted by Gasteiger charge is -2.03. The van der Waals surface area contributed by atoms with Crippen LogP contribution in [0.15, 0.2) is 30.7 Å². The van der Waals surface area contributed by atoms with Gasteiger partial charge in [0, 0.05) is 5.69 Å². The Bertz CT molecular complexity index is 738. The van der Waals surface area contributed by atoms with Gasteiger partial charge in [0.2, 0.25) is 0 Å². The van der Waals surface area contributed by atoms with Gasteiger partial charge in [-0.3, -0.25) is 0 Å². The van der Waals surface area contributed by atoms with Crippen LogP contribution in [0.4, 0.5) is 8.78 Å². The molecule has 3 aromatic rings. The van der Waals surface area contributed by atoms with Crippen LogP contribution in [0, 0.1) is 6.92 Å².